The Bertz CT molecular complexity index is 665. The van der Waals surface area contributed by atoms with Crippen LogP contribution in [0.25, 0.3) is 5.69 Å². The lowest BCUT2D eigenvalue weighted by atomic mass is 10.2. The molecule has 1 aromatic carbocycles. The molecule has 0 aliphatic heterocycles. The molecule has 1 N–H and O–H groups in total. The summed E-state index contributed by atoms with van der Waals surface area (Å²) in [7, 11) is 0. The van der Waals surface area contributed by atoms with Gasteiger partial charge in [0.05, 0.1) is 11.4 Å². The molecule has 4 nitrogen and oxygen atoms in total. The van der Waals surface area contributed by atoms with Gasteiger partial charge in [0, 0.05) is 23.9 Å². The third-order valence-corrected chi connectivity index (χ3v) is 3.30. The first kappa shape index (κ1) is 15.0. The van der Waals surface area contributed by atoms with Crippen LogP contribution in [0.4, 0.5) is 0 Å². The topological polar surface area (TPSA) is 46.9 Å². The van der Waals surface area contributed by atoms with Crippen LogP contribution in [0.15, 0.2) is 42.0 Å². The average molecular weight is 283 g/mol. The van der Waals surface area contributed by atoms with Gasteiger partial charge in [-0.05, 0) is 39.8 Å². The van der Waals surface area contributed by atoms with Gasteiger partial charge in [0.2, 0.25) is 5.91 Å². The minimum atomic E-state index is -0.0683. The molecule has 4 heteroatoms. The largest absolute Gasteiger partial charge is 0.348 e. The quantitative estimate of drug-likeness (QED) is 0.877. The van der Waals surface area contributed by atoms with Gasteiger partial charge in [-0.1, -0.05) is 23.8 Å². The number of aromatic nitrogens is 2. The number of nitrogens with one attached hydrogen (secondary N) is 1. The molecule has 0 saturated heterocycles. The van der Waals surface area contributed by atoms with Crippen LogP contribution in [0, 0.1) is 13.8 Å². The molecule has 1 amide bonds. The fraction of sp³-hybridized carbons (Fsp3) is 0.294. The third-order valence-electron chi connectivity index (χ3n) is 3.30. The highest BCUT2D eigenvalue weighted by Crippen LogP contribution is 2.17. The second-order valence-electron chi connectivity index (χ2n) is 5.34. The number of carbonyl (C=O) groups excluding carboxylic acids is 1. The maximum atomic E-state index is 11.7. The first-order valence-electron chi connectivity index (χ1n) is 7.02. The number of allylic oxidation sites excluding steroid dienone is 1. The molecule has 0 atom stereocenters. The van der Waals surface area contributed by atoms with Gasteiger partial charge in [0.25, 0.3) is 0 Å². The summed E-state index contributed by atoms with van der Waals surface area (Å²) in [6, 6.07) is 10.00. The minimum absolute atomic E-state index is 0.0683. The molecule has 0 aliphatic carbocycles. The molecule has 0 spiro atoms. The highest BCUT2D eigenvalue weighted by molar-refractivity contribution is 5.88. The zero-order valence-corrected chi connectivity index (χ0v) is 13.0. The van der Waals surface area contributed by atoms with Crippen molar-refractivity contribution in [3.8, 4) is 5.69 Å². The lowest BCUT2D eigenvalue weighted by molar-refractivity contribution is -0.116. The zero-order valence-electron chi connectivity index (χ0n) is 13.0. The molecule has 1 heterocycles. The Kier molecular flexibility index (Phi) is 4.58. The molecule has 0 saturated carbocycles. The molecule has 0 fully saturated rings. The van der Waals surface area contributed by atoms with Gasteiger partial charge in [0.1, 0.15) is 0 Å². The number of nitrogens with zero attached hydrogens (tertiary/aromatic N) is 2. The smallest absolute Gasteiger partial charge is 0.244 e. The van der Waals surface area contributed by atoms with Crippen molar-refractivity contribution in [1.82, 2.24) is 15.1 Å². The second kappa shape index (κ2) is 6.39. The van der Waals surface area contributed by atoms with E-state index in [2.05, 4.69) is 10.4 Å². The molecule has 0 bridgehead atoms. The monoisotopic (exact) mass is 283 g/mol. The first-order chi connectivity index (χ1) is 9.99. The number of hydrogen-bond acceptors (Lipinski definition) is 2. The molecule has 0 radical (unpaired) electrons. The van der Waals surface area contributed by atoms with Crippen LogP contribution < -0.4 is 5.32 Å². The lowest BCUT2D eigenvalue weighted by Crippen LogP contribution is -2.21. The Morgan fingerprint density at radius 2 is 1.90 bits per heavy atom. The van der Waals surface area contributed by atoms with Gasteiger partial charge in [-0.3, -0.25) is 4.79 Å². The van der Waals surface area contributed by atoms with Gasteiger partial charge in [-0.25, -0.2) is 4.68 Å². The number of rotatable bonds is 4. The van der Waals surface area contributed by atoms with Gasteiger partial charge in [0.15, 0.2) is 0 Å². The molecular weight excluding hydrogens is 262 g/mol. The highest BCUT2D eigenvalue weighted by atomic mass is 16.1. The van der Waals surface area contributed by atoms with Crippen LogP contribution in [0.1, 0.15) is 30.8 Å². The van der Waals surface area contributed by atoms with Crippen molar-refractivity contribution in [3.05, 3.63) is 58.9 Å². The molecule has 21 heavy (non-hydrogen) atoms. The third kappa shape index (κ3) is 3.60. The van der Waals surface area contributed by atoms with Crippen molar-refractivity contribution in [1.29, 1.82) is 0 Å². The van der Waals surface area contributed by atoms with Crippen molar-refractivity contribution < 1.29 is 4.79 Å². The summed E-state index contributed by atoms with van der Waals surface area (Å²) in [5.41, 5.74) is 5.07. The normalized spacial score (nSPS) is 10.3. The summed E-state index contributed by atoms with van der Waals surface area (Å²) < 4.78 is 1.91. The van der Waals surface area contributed by atoms with E-state index in [0.29, 0.717) is 6.54 Å². The fourth-order valence-corrected chi connectivity index (χ4v) is 2.24. The maximum absolute atomic E-state index is 11.7. The summed E-state index contributed by atoms with van der Waals surface area (Å²) in [5, 5.41) is 7.48. The zero-order chi connectivity index (χ0) is 15.4. The molecular formula is C17H21N3O. The van der Waals surface area contributed by atoms with Crippen LogP contribution in [0.3, 0.4) is 0 Å². The van der Waals surface area contributed by atoms with E-state index in [0.717, 1.165) is 28.2 Å². The van der Waals surface area contributed by atoms with Crippen molar-refractivity contribution in [2.24, 2.45) is 0 Å². The van der Waals surface area contributed by atoms with E-state index in [4.69, 9.17) is 0 Å². The number of para-hydroxylation sites is 1. The van der Waals surface area contributed by atoms with Gasteiger partial charge in [-0.2, -0.15) is 5.10 Å². The predicted octanol–water partition coefficient (Wildman–Crippen LogP) is 3.07. The number of benzene rings is 1. The van der Waals surface area contributed by atoms with Gasteiger partial charge >= 0.3 is 0 Å². The Morgan fingerprint density at radius 3 is 2.52 bits per heavy atom. The molecule has 2 rings (SSSR count). The Hall–Kier alpha value is -2.36. The van der Waals surface area contributed by atoms with E-state index >= 15 is 0 Å². The summed E-state index contributed by atoms with van der Waals surface area (Å²) >= 11 is 0. The number of aryl methyl sites for hydroxylation is 1. The van der Waals surface area contributed by atoms with Crippen LogP contribution in [0.2, 0.25) is 0 Å². The van der Waals surface area contributed by atoms with E-state index in [1.807, 2.05) is 62.7 Å². The van der Waals surface area contributed by atoms with Crippen molar-refractivity contribution >= 4 is 5.91 Å². The SMILES string of the molecule is CC(C)=CC(=O)NCc1c(C)nn(-c2ccccc2)c1C. The van der Waals surface area contributed by atoms with Crippen LogP contribution >= 0.6 is 0 Å². The van der Waals surface area contributed by atoms with E-state index in [1.165, 1.54) is 0 Å². The molecule has 110 valence electrons. The number of amides is 1. The van der Waals surface area contributed by atoms with E-state index in [9.17, 15) is 4.79 Å². The lowest BCUT2D eigenvalue weighted by Gasteiger charge is -2.06. The molecule has 0 unspecified atom stereocenters. The Morgan fingerprint density at radius 1 is 1.24 bits per heavy atom. The molecule has 2 aromatic rings. The van der Waals surface area contributed by atoms with E-state index < -0.39 is 0 Å². The average Bonchev–Trinajstić information content (AvgIpc) is 2.72. The van der Waals surface area contributed by atoms with Crippen LogP contribution in [-0.2, 0) is 11.3 Å². The molecule has 0 aliphatic rings. The standard InChI is InChI=1S/C17H21N3O/c1-12(2)10-17(21)18-11-16-13(3)19-20(14(16)4)15-8-6-5-7-9-15/h5-10H,11H2,1-4H3,(H,18,21). The van der Waals surface area contributed by atoms with Crippen molar-refractivity contribution in [2.45, 2.75) is 34.2 Å². The van der Waals surface area contributed by atoms with E-state index in [-0.39, 0.29) is 5.91 Å². The van der Waals surface area contributed by atoms with Gasteiger partial charge in [-0.15, -0.1) is 0 Å². The van der Waals surface area contributed by atoms with E-state index in [1.54, 1.807) is 6.08 Å². The predicted molar refractivity (Wildman–Crippen MR) is 84.3 cm³/mol. The highest BCUT2D eigenvalue weighted by Gasteiger charge is 2.12. The Balaban J connectivity index is 2.21. The van der Waals surface area contributed by atoms with Crippen molar-refractivity contribution in [3.63, 3.8) is 0 Å². The maximum Gasteiger partial charge on any atom is 0.244 e. The first-order valence-corrected chi connectivity index (χ1v) is 7.02. The molecule has 1 aromatic heterocycles. The second-order valence-corrected chi connectivity index (χ2v) is 5.34. The summed E-state index contributed by atoms with van der Waals surface area (Å²) in [4.78, 5) is 11.7. The minimum Gasteiger partial charge on any atom is -0.348 e. The van der Waals surface area contributed by atoms with Crippen LogP contribution in [-0.4, -0.2) is 15.7 Å². The fourth-order valence-electron chi connectivity index (χ4n) is 2.24. The van der Waals surface area contributed by atoms with Gasteiger partial charge < -0.3 is 5.32 Å². The number of carbonyl (C=O) groups is 1. The summed E-state index contributed by atoms with van der Waals surface area (Å²) in [6.07, 6.45) is 1.60. The number of hydrogen-bond donors (Lipinski definition) is 1. The van der Waals surface area contributed by atoms with Crippen molar-refractivity contribution in [2.75, 3.05) is 0 Å². The summed E-state index contributed by atoms with van der Waals surface area (Å²) in [6.45, 7) is 8.30. The summed E-state index contributed by atoms with van der Waals surface area (Å²) in [5.74, 6) is -0.0683. The Labute approximate surface area is 125 Å². The van der Waals surface area contributed by atoms with Crippen LogP contribution in [0.5, 0.6) is 0 Å².